The Morgan fingerprint density at radius 3 is 2.30 bits per heavy atom. The van der Waals surface area contributed by atoms with Gasteiger partial charge in [0.25, 0.3) is 5.91 Å². The van der Waals surface area contributed by atoms with Crippen molar-refractivity contribution in [1.29, 1.82) is 0 Å². The van der Waals surface area contributed by atoms with Crippen LogP contribution in [0.5, 0.6) is 0 Å². The number of aromatic nitrogens is 2. The second-order valence-electron chi connectivity index (χ2n) is 4.87. The zero-order valence-corrected chi connectivity index (χ0v) is 13.1. The number of nitrogens with one attached hydrogen (secondary N) is 1. The molecule has 3 N–H and O–H groups in total. The maximum Gasteiger partial charge on any atom is 0.259 e. The number of carbonyl (C=O) groups is 1. The van der Waals surface area contributed by atoms with Crippen molar-refractivity contribution in [1.82, 2.24) is 20.0 Å². The minimum Gasteiger partial charge on any atom is -0.382 e. The molecular formula is C14H27N5O. The quantitative estimate of drug-likeness (QED) is 0.757. The second-order valence-corrected chi connectivity index (χ2v) is 4.87. The number of aromatic amines is 1. The number of anilines is 1. The molecule has 0 saturated carbocycles. The lowest BCUT2D eigenvalue weighted by Gasteiger charge is -2.23. The number of nitrogens with two attached hydrogens (primary N) is 1. The summed E-state index contributed by atoms with van der Waals surface area (Å²) >= 11 is 0. The van der Waals surface area contributed by atoms with E-state index in [0.29, 0.717) is 12.1 Å². The van der Waals surface area contributed by atoms with Gasteiger partial charge in [0.2, 0.25) is 0 Å². The first-order valence-electron chi connectivity index (χ1n) is 7.37. The largest absolute Gasteiger partial charge is 0.382 e. The highest BCUT2D eigenvalue weighted by Crippen LogP contribution is 2.15. The monoisotopic (exact) mass is 281 g/mol. The van der Waals surface area contributed by atoms with Crippen molar-refractivity contribution in [2.45, 2.75) is 34.1 Å². The van der Waals surface area contributed by atoms with E-state index in [2.05, 4.69) is 28.9 Å². The number of nitrogens with zero attached hydrogens (tertiary/aromatic N) is 3. The average molecular weight is 281 g/mol. The molecule has 20 heavy (non-hydrogen) atoms. The van der Waals surface area contributed by atoms with Crippen molar-refractivity contribution in [3.63, 3.8) is 0 Å². The Bertz CT molecular complexity index is 406. The first-order valence-corrected chi connectivity index (χ1v) is 7.37. The molecule has 6 heteroatoms. The number of hydrogen-bond donors (Lipinski definition) is 2. The summed E-state index contributed by atoms with van der Waals surface area (Å²) in [5.41, 5.74) is 7.00. The van der Waals surface area contributed by atoms with Gasteiger partial charge < -0.3 is 15.5 Å². The lowest BCUT2D eigenvalue weighted by Crippen LogP contribution is -2.34. The van der Waals surface area contributed by atoms with Gasteiger partial charge in [-0.3, -0.25) is 9.89 Å². The fourth-order valence-electron chi connectivity index (χ4n) is 2.30. The van der Waals surface area contributed by atoms with E-state index >= 15 is 0 Å². The van der Waals surface area contributed by atoms with Crippen LogP contribution in [0.15, 0.2) is 0 Å². The van der Waals surface area contributed by atoms with Crippen LogP contribution in [0.1, 0.15) is 43.2 Å². The molecule has 0 atom stereocenters. The number of hydrogen-bond acceptors (Lipinski definition) is 4. The van der Waals surface area contributed by atoms with E-state index in [1.807, 2.05) is 18.7 Å². The molecule has 0 fully saturated rings. The van der Waals surface area contributed by atoms with E-state index < -0.39 is 0 Å². The number of nitrogen functional groups attached to an aromatic ring is 1. The van der Waals surface area contributed by atoms with Crippen molar-refractivity contribution >= 4 is 11.7 Å². The summed E-state index contributed by atoms with van der Waals surface area (Å²) in [6, 6.07) is 0. The number of carbonyl (C=O) groups excluding carboxylic acids is 1. The van der Waals surface area contributed by atoms with Crippen LogP contribution in [-0.2, 0) is 0 Å². The number of amides is 1. The van der Waals surface area contributed by atoms with Gasteiger partial charge >= 0.3 is 0 Å². The molecule has 0 aliphatic carbocycles. The molecular weight excluding hydrogens is 254 g/mol. The Labute approximate surface area is 121 Å². The van der Waals surface area contributed by atoms with Crippen molar-refractivity contribution in [3.05, 3.63) is 11.3 Å². The van der Waals surface area contributed by atoms with Crippen molar-refractivity contribution in [2.24, 2.45) is 0 Å². The minimum absolute atomic E-state index is 0.0317. The van der Waals surface area contributed by atoms with Gasteiger partial charge in [0, 0.05) is 18.8 Å². The number of rotatable bonds is 8. The van der Waals surface area contributed by atoms with Gasteiger partial charge in [0.1, 0.15) is 5.56 Å². The molecule has 114 valence electrons. The molecule has 0 bridgehead atoms. The van der Waals surface area contributed by atoms with E-state index in [1.54, 1.807) is 0 Å². The van der Waals surface area contributed by atoms with Crippen LogP contribution in [-0.4, -0.2) is 58.6 Å². The van der Waals surface area contributed by atoms with E-state index in [4.69, 9.17) is 5.73 Å². The molecule has 1 aromatic rings. The van der Waals surface area contributed by atoms with Gasteiger partial charge in [-0.15, -0.1) is 0 Å². The Morgan fingerprint density at radius 1 is 1.20 bits per heavy atom. The lowest BCUT2D eigenvalue weighted by molar-refractivity contribution is 0.0758. The topological polar surface area (TPSA) is 78.2 Å². The number of H-pyrrole nitrogens is 1. The molecule has 1 rings (SSSR count). The first-order chi connectivity index (χ1) is 9.54. The van der Waals surface area contributed by atoms with Crippen LogP contribution in [0.25, 0.3) is 0 Å². The molecule has 0 aromatic carbocycles. The molecule has 0 unspecified atom stereocenters. The molecule has 0 aliphatic heterocycles. The molecule has 1 heterocycles. The normalized spacial score (nSPS) is 11.1. The van der Waals surface area contributed by atoms with Crippen LogP contribution in [0.2, 0.25) is 0 Å². The molecule has 0 aliphatic rings. The third-order valence-corrected chi connectivity index (χ3v) is 3.65. The predicted molar refractivity (Wildman–Crippen MR) is 81.7 cm³/mol. The fourth-order valence-corrected chi connectivity index (χ4v) is 2.30. The summed E-state index contributed by atoms with van der Waals surface area (Å²) < 4.78 is 0. The Kier molecular flexibility index (Phi) is 6.51. The van der Waals surface area contributed by atoms with Crippen LogP contribution in [0.4, 0.5) is 5.82 Å². The summed E-state index contributed by atoms with van der Waals surface area (Å²) in [4.78, 5) is 16.7. The van der Waals surface area contributed by atoms with Gasteiger partial charge in [-0.25, -0.2) is 0 Å². The van der Waals surface area contributed by atoms with Gasteiger partial charge in [0.05, 0.1) is 0 Å². The van der Waals surface area contributed by atoms with E-state index in [1.165, 1.54) is 0 Å². The van der Waals surface area contributed by atoms with Gasteiger partial charge in [-0.2, -0.15) is 5.10 Å². The first kappa shape index (κ1) is 16.5. The smallest absolute Gasteiger partial charge is 0.259 e. The van der Waals surface area contributed by atoms with Gasteiger partial charge in [0.15, 0.2) is 5.82 Å². The van der Waals surface area contributed by atoms with Crippen molar-refractivity contribution < 1.29 is 4.79 Å². The van der Waals surface area contributed by atoms with Crippen LogP contribution >= 0.6 is 0 Å². The standard InChI is InChI=1S/C14H27N5O/c1-5-18(6-2)9-8-10-19(7-3)14(20)12-11(4)16-17-13(12)15/h5-10H2,1-4H3,(H3,15,16,17). The highest BCUT2D eigenvalue weighted by molar-refractivity contribution is 5.99. The Morgan fingerprint density at radius 2 is 1.85 bits per heavy atom. The maximum atomic E-state index is 12.5. The molecule has 1 amide bonds. The second kappa shape index (κ2) is 7.89. The summed E-state index contributed by atoms with van der Waals surface area (Å²) in [5, 5.41) is 6.64. The molecule has 0 saturated heterocycles. The van der Waals surface area contributed by atoms with Gasteiger partial charge in [-0.05, 0) is 39.9 Å². The summed E-state index contributed by atoms with van der Waals surface area (Å²) in [6.45, 7) is 12.6. The maximum absolute atomic E-state index is 12.5. The van der Waals surface area contributed by atoms with Crippen LogP contribution < -0.4 is 5.73 Å². The summed E-state index contributed by atoms with van der Waals surface area (Å²) in [5.74, 6) is 0.255. The third kappa shape index (κ3) is 3.96. The average Bonchev–Trinajstić information content (AvgIpc) is 2.78. The fraction of sp³-hybridized carbons (Fsp3) is 0.714. The highest BCUT2D eigenvalue weighted by atomic mass is 16.2. The molecule has 6 nitrogen and oxygen atoms in total. The van der Waals surface area contributed by atoms with Crippen LogP contribution in [0.3, 0.4) is 0 Å². The van der Waals surface area contributed by atoms with E-state index in [0.717, 1.165) is 38.3 Å². The number of aryl methyl sites for hydroxylation is 1. The SMILES string of the molecule is CCN(CC)CCCN(CC)C(=O)c1c(N)n[nH]c1C. The van der Waals surface area contributed by atoms with Gasteiger partial charge in [-0.1, -0.05) is 13.8 Å². The summed E-state index contributed by atoms with van der Waals surface area (Å²) in [7, 11) is 0. The lowest BCUT2D eigenvalue weighted by atomic mass is 10.2. The van der Waals surface area contributed by atoms with Crippen molar-refractivity contribution in [2.75, 3.05) is 38.5 Å². The summed E-state index contributed by atoms with van der Waals surface area (Å²) in [6.07, 6.45) is 0.970. The van der Waals surface area contributed by atoms with E-state index in [9.17, 15) is 4.79 Å². The molecule has 0 radical (unpaired) electrons. The Balaban J connectivity index is 2.60. The molecule has 1 aromatic heterocycles. The zero-order chi connectivity index (χ0) is 15.1. The van der Waals surface area contributed by atoms with E-state index in [-0.39, 0.29) is 11.7 Å². The Hall–Kier alpha value is -1.56. The zero-order valence-electron chi connectivity index (χ0n) is 13.1. The minimum atomic E-state index is -0.0317. The molecule has 0 spiro atoms. The van der Waals surface area contributed by atoms with Crippen LogP contribution in [0, 0.1) is 6.92 Å². The third-order valence-electron chi connectivity index (χ3n) is 3.65. The predicted octanol–water partition coefficient (Wildman–Crippen LogP) is 1.49. The van der Waals surface area contributed by atoms with Crippen molar-refractivity contribution in [3.8, 4) is 0 Å². The highest BCUT2D eigenvalue weighted by Gasteiger charge is 2.21.